The number of carbonyl (C=O) groups excluding carboxylic acids is 2. The van der Waals surface area contributed by atoms with E-state index in [1.165, 1.54) is 30.9 Å². The molecule has 0 saturated carbocycles. The summed E-state index contributed by atoms with van der Waals surface area (Å²) in [4.78, 5) is 26.0. The van der Waals surface area contributed by atoms with Crippen molar-refractivity contribution < 1.29 is 14.3 Å². The number of fused-ring (bicyclic) bond motifs is 1. The molecule has 28 heavy (non-hydrogen) atoms. The van der Waals surface area contributed by atoms with Crippen molar-refractivity contribution in [2.24, 2.45) is 0 Å². The first-order valence-electron chi connectivity index (χ1n) is 9.17. The van der Waals surface area contributed by atoms with Gasteiger partial charge in [-0.2, -0.15) is 0 Å². The maximum absolute atomic E-state index is 12.5. The molecular weight excluding hydrogens is 417 g/mol. The molecule has 1 aromatic carbocycles. The minimum Gasteiger partial charge on any atom is -0.465 e. The molecular formula is C21H21Cl2NO3S. The van der Waals surface area contributed by atoms with E-state index < -0.39 is 5.97 Å². The first-order chi connectivity index (χ1) is 13.5. The Kier molecular flexibility index (Phi) is 7.16. The van der Waals surface area contributed by atoms with Gasteiger partial charge in [0.2, 0.25) is 5.91 Å². The highest BCUT2D eigenvalue weighted by atomic mass is 35.5. The van der Waals surface area contributed by atoms with E-state index in [9.17, 15) is 9.59 Å². The van der Waals surface area contributed by atoms with Crippen LogP contribution in [0.4, 0.5) is 5.00 Å². The van der Waals surface area contributed by atoms with Gasteiger partial charge in [-0.3, -0.25) is 4.79 Å². The van der Waals surface area contributed by atoms with Crippen LogP contribution in [-0.4, -0.2) is 19.0 Å². The van der Waals surface area contributed by atoms with Crippen molar-refractivity contribution in [3.8, 4) is 0 Å². The van der Waals surface area contributed by atoms with Crippen LogP contribution in [0.3, 0.4) is 0 Å². The molecule has 4 nitrogen and oxygen atoms in total. The molecule has 0 fully saturated rings. The van der Waals surface area contributed by atoms with E-state index in [0.717, 1.165) is 42.5 Å². The molecule has 1 N–H and O–H groups in total. The molecule has 1 aliphatic carbocycles. The third-order valence-electron chi connectivity index (χ3n) is 4.70. The van der Waals surface area contributed by atoms with Crippen LogP contribution >= 0.6 is 34.5 Å². The Morgan fingerprint density at radius 1 is 1.11 bits per heavy atom. The lowest BCUT2D eigenvalue weighted by atomic mass is 9.96. The first kappa shape index (κ1) is 20.9. The van der Waals surface area contributed by atoms with Gasteiger partial charge in [0.1, 0.15) is 5.00 Å². The second kappa shape index (κ2) is 9.59. The zero-order valence-electron chi connectivity index (χ0n) is 15.5. The molecule has 148 valence electrons. The van der Waals surface area contributed by atoms with Crippen molar-refractivity contribution in [2.45, 2.75) is 38.5 Å². The quantitative estimate of drug-likeness (QED) is 0.460. The van der Waals surface area contributed by atoms with Gasteiger partial charge in [-0.1, -0.05) is 42.1 Å². The summed E-state index contributed by atoms with van der Waals surface area (Å²) in [6, 6.07) is 5.16. The van der Waals surface area contributed by atoms with E-state index in [0.29, 0.717) is 26.2 Å². The number of ether oxygens (including phenoxy) is 1. The maximum atomic E-state index is 12.5. The number of amides is 1. The van der Waals surface area contributed by atoms with Crippen LogP contribution < -0.4 is 5.32 Å². The molecule has 0 unspecified atom stereocenters. The monoisotopic (exact) mass is 437 g/mol. The predicted molar refractivity (Wildman–Crippen MR) is 116 cm³/mol. The van der Waals surface area contributed by atoms with Crippen molar-refractivity contribution in [1.29, 1.82) is 0 Å². The van der Waals surface area contributed by atoms with Gasteiger partial charge in [0.15, 0.2) is 0 Å². The fourth-order valence-electron chi connectivity index (χ4n) is 3.31. The van der Waals surface area contributed by atoms with E-state index in [1.54, 1.807) is 24.3 Å². The van der Waals surface area contributed by atoms with Crippen molar-refractivity contribution in [1.82, 2.24) is 0 Å². The third-order valence-corrected chi connectivity index (χ3v) is 6.57. The first-order valence-corrected chi connectivity index (χ1v) is 10.7. The van der Waals surface area contributed by atoms with Gasteiger partial charge in [0.25, 0.3) is 0 Å². The van der Waals surface area contributed by atoms with Crippen LogP contribution in [-0.2, 0) is 22.4 Å². The molecule has 0 bridgehead atoms. The SMILES string of the molecule is COC(=O)c1c(NC(=O)/C=C/c2c(Cl)cccc2Cl)sc2c1CCCCCC2. The zero-order valence-corrected chi connectivity index (χ0v) is 17.8. The van der Waals surface area contributed by atoms with Crippen LogP contribution in [0.15, 0.2) is 24.3 Å². The highest BCUT2D eigenvalue weighted by molar-refractivity contribution is 7.17. The molecule has 0 spiro atoms. The lowest BCUT2D eigenvalue weighted by molar-refractivity contribution is -0.111. The number of nitrogens with one attached hydrogen (secondary N) is 1. The lowest BCUT2D eigenvalue weighted by Gasteiger charge is -2.10. The Morgan fingerprint density at radius 2 is 1.79 bits per heavy atom. The van der Waals surface area contributed by atoms with Gasteiger partial charge >= 0.3 is 5.97 Å². The highest BCUT2D eigenvalue weighted by Gasteiger charge is 2.25. The summed E-state index contributed by atoms with van der Waals surface area (Å²) in [5.41, 5.74) is 2.08. The Labute approximate surface area is 178 Å². The van der Waals surface area contributed by atoms with Crippen LogP contribution in [0.5, 0.6) is 0 Å². The fourth-order valence-corrected chi connectivity index (χ4v) is 5.11. The smallest absolute Gasteiger partial charge is 0.341 e. The Bertz CT molecular complexity index is 900. The average Bonchev–Trinajstić information content (AvgIpc) is 2.96. The van der Waals surface area contributed by atoms with E-state index in [4.69, 9.17) is 27.9 Å². The molecule has 1 aliphatic rings. The van der Waals surface area contributed by atoms with Crippen LogP contribution in [0.25, 0.3) is 6.08 Å². The predicted octanol–water partition coefficient (Wildman–Crippen LogP) is 6.15. The largest absolute Gasteiger partial charge is 0.465 e. The van der Waals surface area contributed by atoms with E-state index in [-0.39, 0.29) is 5.91 Å². The molecule has 0 aliphatic heterocycles. The standard InChI is InChI=1S/C21H21Cl2NO3S/c1-27-21(26)19-14-7-4-2-3-5-10-17(14)28-20(19)24-18(25)12-11-13-15(22)8-6-9-16(13)23/h6,8-9,11-12H,2-5,7,10H2,1H3,(H,24,25)/b12-11+. The second-order valence-electron chi connectivity index (χ2n) is 6.57. The van der Waals surface area contributed by atoms with Gasteiger partial charge in [0.05, 0.1) is 12.7 Å². The normalized spacial score (nSPS) is 14.2. The van der Waals surface area contributed by atoms with Crippen LogP contribution in [0.2, 0.25) is 10.0 Å². The van der Waals surface area contributed by atoms with Crippen LogP contribution in [0.1, 0.15) is 52.0 Å². The number of hydrogen-bond donors (Lipinski definition) is 1. The number of benzene rings is 1. The molecule has 0 radical (unpaired) electrons. The highest BCUT2D eigenvalue weighted by Crippen LogP contribution is 2.37. The summed E-state index contributed by atoms with van der Waals surface area (Å²) in [7, 11) is 1.36. The molecule has 1 heterocycles. The number of anilines is 1. The number of halogens is 2. The molecule has 0 saturated heterocycles. The fraction of sp³-hybridized carbons (Fsp3) is 0.333. The van der Waals surface area contributed by atoms with Crippen molar-refractivity contribution >= 4 is 57.5 Å². The number of carbonyl (C=O) groups is 2. The molecule has 3 rings (SSSR count). The number of thiophene rings is 1. The van der Waals surface area contributed by atoms with E-state index in [2.05, 4.69) is 5.32 Å². The summed E-state index contributed by atoms with van der Waals surface area (Å²) in [5.74, 6) is -0.762. The Hall–Kier alpha value is -1.82. The molecule has 7 heteroatoms. The number of aryl methyl sites for hydroxylation is 1. The lowest BCUT2D eigenvalue weighted by Crippen LogP contribution is -2.12. The molecule has 2 aromatic rings. The molecule has 1 amide bonds. The Morgan fingerprint density at radius 3 is 2.46 bits per heavy atom. The average molecular weight is 438 g/mol. The summed E-state index contributed by atoms with van der Waals surface area (Å²) < 4.78 is 4.98. The number of hydrogen-bond acceptors (Lipinski definition) is 4. The summed E-state index contributed by atoms with van der Waals surface area (Å²) in [5, 5.41) is 4.31. The van der Waals surface area contributed by atoms with Gasteiger partial charge in [0, 0.05) is 26.6 Å². The molecule has 1 aromatic heterocycles. The minimum absolute atomic E-state index is 0.352. The minimum atomic E-state index is -0.411. The second-order valence-corrected chi connectivity index (χ2v) is 8.49. The Balaban J connectivity index is 1.86. The number of methoxy groups -OCH3 is 1. The summed E-state index contributed by atoms with van der Waals surface area (Å²) in [6.45, 7) is 0. The van der Waals surface area contributed by atoms with Crippen molar-refractivity contribution in [3.05, 3.63) is 55.9 Å². The van der Waals surface area contributed by atoms with E-state index in [1.807, 2.05) is 0 Å². The van der Waals surface area contributed by atoms with Gasteiger partial charge in [-0.05, 0) is 49.5 Å². The zero-order chi connectivity index (χ0) is 20.1. The maximum Gasteiger partial charge on any atom is 0.341 e. The summed E-state index contributed by atoms with van der Waals surface area (Å²) in [6.07, 6.45) is 9.15. The van der Waals surface area contributed by atoms with Crippen molar-refractivity contribution in [2.75, 3.05) is 12.4 Å². The van der Waals surface area contributed by atoms with Gasteiger partial charge in [-0.15, -0.1) is 11.3 Å². The van der Waals surface area contributed by atoms with Gasteiger partial charge < -0.3 is 10.1 Å². The van der Waals surface area contributed by atoms with Gasteiger partial charge in [-0.25, -0.2) is 4.79 Å². The molecule has 0 atom stereocenters. The topological polar surface area (TPSA) is 55.4 Å². The van der Waals surface area contributed by atoms with Crippen molar-refractivity contribution in [3.63, 3.8) is 0 Å². The number of esters is 1. The number of rotatable bonds is 4. The summed E-state index contributed by atoms with van der Waals surface area (Å²) >= 11 is 13.7. The van der Waals surface area contributed by atoms with E-state index >= 15 is 0 Å². The van der Waals surface area contributed by atoms with Crippen LogP contribution in [0, 0.1) is 0 Å². The third kappa shape index (κ3) is 4.77.